The molecule has 0 atom stereocenters. The summed E-state index contributed by atoms with van der Waals surface area (Å²) in [4.78, 5) is 16.8. The minimum absolute atomic E-state index is 0.00182. The first kappa shape index (κ1) is 20.0. The SMILES string of the molecule is COc1cc(C(=O)OCc2cc3ccc(C)cc3nc2Cl)ccc1OC(C)C. The number of rotatable bonds is 6. The lowest BCUT2D eigenvalue weighted by molar-refractivity contribution is 0.0472. The zero-order valence-corrected chi connectivity index (χ0v) is 17.0. The Labute approximate surface area is 169 Å². The van der Waals surface area contributed by atoms with E-state index in [1.807, 2.05) is 45.0 Å². The van der Waals surface area contributed by atoms with Crippen molar-refractivity contribution in [3.63, 3.8) is 0 Å². The molecule has 0 spiro atoms. The maximum atomic E-state index is 12.5. The number of carbonyl (C=O) groups is 1. The Hall–Kier alpha value is -2.79. The normalized spacial score (nSPS) is 10.9. The van der Waals surface area contributed by atoms with Gasteiger partial charge in [-0.25, -0.2) is 9.78 Å². The molecule has 1 heterocycles. The summed E-state index contributed by atoms with van der Waals surface area (Å²) in [5.41, 5.74) is 2.94. The molecule has 3 rings (SSSR count). The Morgan fingerprint density at radius 2 is 1.89 bits per heavy atom. The van der Waals surface area contributed by atoms with Gasteiger partial charge < -0.3 is 14.2 Å². The van der Waals surface area contributed by atoms with Crippen LogP contribution < -0.4 is 9.47 Å². The van der Waals surface area contributed by atoms with Gasteiger partial charge in [-0.15, -0.1) is 0 Å². The minimum atomic E-state index is -0.477. The summed E-state index contributed by atoms with van der Waals surface area (Å²) >= 11 is 6.26. The molecule has 0 bridgehead atoms. The van der Waals surface area contributed by atoms with E-state index in [4.69, 9.17) is 25.8 Å². The second-order valence-electron chi connectivity index (χ2n) is 6.74. The second kappa shape index (κ2) is 8.48. The fraction of sp³-hybridized carbons (Fsp3) is 0.273. The van der Waals surface area contributed by atoms with Crippen LogP contribution in [0.3, 0.4) is 0 Å². The van der Waals surface area contributed by atoms with Crippen LogP contribution in [-0.2, 0) is 11.3 Å². The Balaban J connectivity index is 1.76. The molecule has 0 saturated carbocycles. The Bertz CT molecular complexity index is 1020. The van der Waals surface area contributed by atoms with Crippen molar-refractivity contribution in [3.8, 4) is 11.5 Å². The first-order valence-electron chi connectivity index (χ1n) is 8.95. The lowest BCUT2D eigenvalue weighted by atomic mass is 10.1. The number of methoxy groups -OCH3 is 1. The molecule has 6 heteroatoms. The average molecular weight is 400 g/mol. The average Bonchev–Trinajstić information content (AvgIpc) is 2.66. The number of nitrogens with zero attached hydrogens (tertiary/aromatic N) is 1. The van der Waals surface area contributed by atoms with Crippen LogP contribution >= 0.6 is 11.6 Å². The molecule has 0 saturated heterocycles. The van der Waals surface area contributed by atoms with Gasteiger partial charge in [0.2, 0.25) is 0 Å². The van der Waals surface area contributed by atoms with Crippen LogP contribution in [0, 0.1) is 6.92 Å². The number of aryl methyl sites for hydroxylation is 1. The van der Waals surface area contributed by atoms with Crippen molar-refractivity contribution in [3.05, 3.63) is 64.3 Å². The largest absolute Gasteiger partial charge is 0.493 e. The molecule has 28 heavy (non-hydrogen) atoms. The number of hydrogen-bond acceptors (Lipinski definition) is 5. The van der Waals surface area contributed by atoms with Crippen LogP contribution in [0.25, 0.3) is 10.9 Å². The van der Waals surface area contributed by atoms with Gasteiger partial charge in [-0.2, -0.15) is 0 Å². The zero-order chi connectivity index (χ0) is 20.3. The van der Waals surface area contributed by atoms with Crippen molar-refractivity contribution >= 4 is 28.5 Å². The summed E-state index contributed by atoms with van der Waals surface area (Å²) < 4.78 is 16.4. The maximum Gasteiger partial charge on any atom is 0.338 e. The van der Waals surface area contributed by atoms with Gasteiger partial charge in [-0.3, -0.25) is 0 Å². The predicted octanol–water partition coefficient (Wildman–Crippen LogP) is 5.35. The van der Waals surface area contributed by atoms with E-state index in [1.54, 1.807) is 18.2 Å². The number of halogens is 1. The van der Waals surface area contributed by atoms with E-state index in [9.17, 15) is 4.79 Å². The maximum absolute atomic E-state index is 12.5. The fourth-order valence-electron chi connectivity index (χ4n) is 2.77. The first-order valence-corrected chi connectivity index (χ1v) is 9.32. The van der Waals surface area contributed by atoms with Crippen LogP contribution in [0.1, 0.15) is 35.3 Å². The molecule has 0 N–H and O–H groups in total. The van der Waals surface area contributed by atoms with Gasteiger partial charge >= 0.3 is 5.97 Å². The highest BCUT2D eigenvalue weighted by Gasteiger charge is 2.15. The molecule has 0 amide bonds. The molecule has 0 radical (unpaired) electrons. The van der Waals surface area contributed by atoms with E-state index in [-0.39, 0.29) is 12.7 Å². The number of carbonyl (C=O) groups excluding carboxylic acids is 1. The lowest BCUT2D eigenvalue weighted by Crippen LogP contribution is -2.09. The fourth-order valence-corrected chi connectivity index (χ4v) is 2.97. The standard InChI is InChI=1S/C22H22ClNO4/c1-13(2)28-19-8-7-16(11-20(19)26-4)22(25)27-12-17-10-15-6-5-14(3)9-18(15)24-21(17)23/h5-11,13H,12H2,1-4H3. The van der Waals surface area contributed by atoms with E-state index in [1.165, 1.54) is 7.11 Å². The first-order chi connectivity index (χ1) is 13.4. The minimum Gasteiger partial charge on any atom is -0.493 e. The Morgan fingerprint density at radius 1 is 1.11 bits per heavy atom. The van der Waals surface area contributed by atoms with Gasteiger partial charge in [0, 0.05) is 10.9 Å². The molecule has 0 aliphatic heterocycles. The van der Waals surface area contributed by atoms with Crippen molar-refractivity contribution in [2.24, 2.45) is 0 Å². The number of hydrogen-bond donors (Lipinski definition) is 0. The lowest BCUT2D eigenvalue weighted by Gasteiger charge is -2.14. The van der Waals surface area contributed by atoms with E-state index in [0.29, 0.717) is 27.8 Å². The molecule has 1 aromatic heterocycles. The third-order valence-corrected chi connectivity index (χ3v) is 4.45. The van der Waals surface area contributed by atoms with Crippen LogP contribution in [0.2, 0.25) is 5.15 Å². The predicted molar refractivity (Wildman–Crippen MR) is 109 cm³/mol. The van der Waals surface area contributed by atoms with Gasteiger partial charge in [0.25, 0.3) is 0 Å². The molecule has 0 aliphatic carbocycles. The number of aromatic nitrogens is 1. The van der Waals surface area contributed by atoms with Gasteiger partial charge in [-0.05, 0) is 56.7 Å². The van der Waals surface area contributed by atoms with Gasteiger partial charge in [0.1, 0.15) is 11.8 Å². The molecule has 5 nitrogen and oxygen atoms in total. The third kappa shape index (κ3) is 4.54. The number of ether oxygens (including phenoxy) is 3. The Morgan fingerprint density at radius 3 is 2.61 bits per heavy atom. The van der Waals surface area contributed by atoms with Crippen LogP contribution in [-0.4, -0.2) is 24.2 Å². The van der Waals surface area contributed by atoms with E-state index in [0.717, 1.165) is 16.5 Å². The van der Waals surface area contributed by atoms with Gasteiger partial charge in [-0.1, -0.05) is 23.7 Å². The van der Waals surface area contributed by atoms with Gasteiger partial charge in [0.05, 0.1) is 24.3 Å². The second-order valence-corrected chi connectivity index (χ2v) is 7.10. The summed E-state index contributed by atoms with van der Waals surface area (Å²) in [7, 11) is 1.53. The van der Waals surface area contributed by atoms with Crippen molar-refractivity contribution < 1.29 is 19.0 Å². The summed E-state index contributed by atoms with van der Waals surface area (Å²) in [6.07, 6.45) is -0.00182. The van der Waals surface area contributed by atoms with Crippen LogP contribution in [0.4, 0.5) is 0 Å². The summed E-state index contributed by atoms with van der Waals surface area (Å²) in [5.74, 6) is 0.574. The van der Waals surface area contributed by atoms with Crippen molar-refractivity contribution in [1.29, 1.82) is 0 Å². The summed E-state index contributed by atoms with van der Waals surface area (Å²) in [6, 6.07) is 12.8. The van der Waals surface area contributed by atoms with E-state index >= 15 is 0 Å². The smallest absolute Gasteiger partial charge is 0.338 e. The van der Waals surface area contributed by atoms with E-state index < -0.39 is 5.97 Å². The Kier molecular flexibility index (Phi) is 6.05. The topological polar surface area (TPSA) is 57.7 Å². The monoisotopic (exact) mass is 399 g/mol. The van der Waals surface area contributed by atoms with Crippen molar-refractivity contribution in [1.82, 2.24) is 4.98 Å². The number of pyridine rings is 1. The molecule has 0 fully saturated rings. The molecular weight excluding hydrogens is 378 g/mol. The molecular formula is C22H22ClNO4. The quantitative estimate of drug-likeness (QED) is 0.413. The van der Waals surface area contributed by atoms with Crippen molar-refractivity contribution in [2.45, 2.75) is 33.5 Å². The highest BCUT2D eigenvalue weighted by molar-refractivity contribution is 6.30. The van der Waals surface area contributed by atoms with Crippen LogP contribution in [0.5, 0.6) is 11.5 Å². The number of fused-ring (bicyclic) bond motifs is 1. The van der Waals surface area contributed by atoms with E-state index in [2.05, 4.69) is 4.98 Å². The molecule has 2 aromatic carbocycles. The highest BCUT2D eigenvalue weighted by Crippen LogP contribution is 2.29. The number of esters is 1. The van der Waals surface area contributed by atoms with Crippen LogP contribution in [0.15, 0.2) is 42.5 Å². The van der Waals surface area contributed by atoms with Gasteiger partial charge in [0.15, 0.2) is 11.5 Å². The number of benzene rings is 2. The summed E-state index contributed by atoms with van der Waals surface area (Å²) in [6.45, 7) is 5.87. The zero-order valence-electron chi connectivity index (χ0n) is 16.3. The van der Waals surface area contributed by atoms with Crippen molar-refractivity contribution in [2.75, 3.05) is 7.11 Å². The molecule has 3 aromatic rings. The molecule has 0 aliphatic rings. The third-order valence-electron chi connectivity index (χ3n) is 4.12. The molecule has 146 valence electrons. The highest BCUT2D eigenvalue weighted by atomic mass is 35.5. The summed E-state index contributed by atoms with van der Waals surface area (Å²) in [5, 5.41) is 1.27. The molecule has 0 unspecified atom stereocenters.